The molecular weight excluding hydrogens is 282 g/mol. The first-order valence-electron chi connectivity index (χ1n) is 7.44. The first-order valence-corrected chi connectivity index (χ1v) is 7.44. The van der Waals surface area contributed by atoms with Crippen molar-refractivity contribution in [2.45, 2.75) is 12.8 Å². The summed E-state index contributed by atoms with van der Waals surface area (Å²) < 4.78 is 0. The molecule has 0 aromatic heterocycles. The van der Waals surface area contributed by atoms with Crippen LogP contribution in [0.5, 0.6) is 0 Å². The molecule has 0 spiro atoms. The highest BCUT2D eigenvalue weighted by molar-refractivity contribution is 6.01. The number of hydrogen-bond acceptors (Lipinski definition) is 3. The van der Waals surface area contributed by atoms with Gasteiger partial charge in [-0.25, -0.2) is 0 Å². The third kappa shape index (κ3) is 2.68. The minimum absolute atomic E-state index is 0.0724. The second-order valence-corrected chi connectivity index (χ2v) is 5.79. The summed E-state index contributed by atoms with van der Waals surface area (Å²) in [5.74, 6) is 0.159. The van der Waals surface area contributed by atoms with E-state index in [4.69, 9.17) is 0 Å². The third-order valence-electron chi connectivity index (χ3n) is 4.39. The van der Waals surface area contributed by atoms with Gasteiger partial charge in [-0.2, -0.15) is 0 Å². The number of fused-ring (bicyclic) bond motifs is 1. The number of piperazine rings is 1. The van der Waals surface area contributed by atoms with Crippen LogP contribution in [0.2, 0.25) is 0 Å². The van der Waals surface area contributed by atoms with Crippen LogP contribution in [0.1, 0.15) is 11.1 Å². The highest BCUT2D eigenvalue weighted by atomic mass is 16.2. The molecule has 3 amide bonds. The van der Waals surface area contributed by atoms with Crippen LogP contribution in [0, 0.1) is 0 Å². The van der Waals surface area contributed by atoms with Crippen LogP contribution in [0.25, 0.3) is 0 Å². The van der Waals surface area contributed by atoms with Gasteiger partial charge in [0.2, 0.25) is 18.2 Å². The largest absolute Gasteiger partial charge is 0.342 e. The van der Waals surface area contributed by atoms with Crippen LogP contribution in [-0.2, 0) is 27.2 Å². The lowest BCUT2D eigenvalue weighted by Crippen LogP contribution is -2.48. The van der Waals surface area contributed by atoms with E-state index in [0.717, 1.165) is 23.2 Å². The molecule has 2 aliphatic rings. The van der Waals surface area contributed by atoms with Crippen molar-refractivity contribution in [1.29, 1.82) is 0 Å². The van der Waals surface area contributed by atoms with E-state index in [1.54, 1.807) is 21.7 Å². The molecule has 1 aromatic rings. The van der Waals surface area contributed by atoms with E-state index in [2.05, 4.69) is 0 Å². The fourth-order valence-electron chi connectivity index (χ4n) is 3.00. The second-order valence-electron chi connectivity index (χ2n) is 5.79. The van der Waals surface area contributed by atoms with Crippen molar-refractivity contribution < 1.29 is 14.4 Å². The van der Waals surface area contributed by atoms with Crippen molar-refractivity contribution in [3.63, 3.8) is 0 Å². The first-order chi connectivity index (χ1) is 10.6. The number of amides is 3. The van der Waals surface area contributed by atoms with E-state index in [1.807, 2.05) is 18.2 Å². The summed E-state index contributed by atoms with van der Waals surface area (Å²) in [6, 6.07) is 5.77. The van der Waals surface area contributed by atoms with Crippen LogP contribution >= 0.6 is 0 Å². The van der Waals surface area contributed by atoms with Gasteiger partial charge in [-0.05, 0) is 17.2 Å². The van der Waals surface area contributed by atoms with Gasteiger partial charge >= 0.3 is 0 Å². The summed E-state index contributed by atoms with van der Waals surface area (Å²) in [5.41, 5.74) is 2.86. The van der Waals surface area contributed by atoms with Gasteiger partial charge in [-0.3, -0.25) is 14.4 Å². The molecule has 116 valence electrons. The summed E-state index contributed by atoms with van der Waals surface area (Å²) >= 11 is 0. The molecule has 0 saturated carbocycles. The molecule has 0 unspecified atom stereocenters. The topological polar surface area (TPSA) is 60.9 Å². The molecule has 6 nitrogen and oxygen atoms in total. The standard InChI is InChI=1S/C16H19N3O3/c1-17-14-3-2-12(8-13(14)10-15(17)21)9-16(22)19-6-4-18(11-20)5-7-19/h2-3,8,11H,4-7,9-10H2,1H3. The molecule has 1 aromatic carbocycles. The van der Waals surface area contributed by atoms with Gasteiger partial charge in [0.25, 0.3) is 0 Å². The highest BCUT2D eigenvalue weighted by Gasteiger charge is 2.25. The summed E-state index contributed by atoms with van der Waals surface area (Å²) in [5, 5.41) is 0. The maximum atomic E-state index is 12.3. The van der Waals surface area contributed by atoms with E-state index in [0.29, 0.717) is 39.0 Å². The predicted octanol–water partition coefficient (Wildman–Crippen LogP) is 0.0486. The SMILES string of the molecule is CN1C(=O)Cc2cc(CC(=O)N3CCN(C=O)CC3)ccc21. The minimum atomic E-state index is 0.0724. The van der Waals surface area contributed by atoms with Gasteiger partial charge in [0.1, 0.15) is 0 Å². The molecule has 0 aliphatic carbocycles. The summed E-state index contributed by atoms with van der Waals surface area (Å²) in [6.07, 6.45) is 1.58. The first kappa shape index (κ1) is 14.6. The number of rotatable bonds is 3. The molecule has 22 heavy (non-hydrogen) atoms. The quantitative estimate of drug-likeness (QED) is 0.741. The molecule has 2 heterocycles. The highest BCUT2D eigenvalue weighted by Crippen LogP contribution is 2.28. The Balaban J connectivity index is 1.64. The molecule has 0 atom stereocenters. The fraction of sp³-hybridized carbons (Fsp3) is 0.438. The molecule has 1 fully saturated rings. The average Bonchev–Trinajstić information content (AvgIpc) is 2.81. The van der Waals surface area contributed by atoms with Crippen molar-refractivity contribution >= 4 is 23.9 Å². The molecule has 2 aliphatic heterocycles. The Labute approximate surface area is 129 Å². The Hall–Kier alpha value is -2.37. The number of hydrogen-bond donors (Lipinski definition) is 0. The molecular formula is C16H19N3O3. The molecule has 3 rings (SSSR count). The zero-order valence-electron chi connectivity index (χ0n) is 12.6. The van der Waals surface area contributed by atoms with Crippen molar-refractivity contribution in [3.8, 4) is 0 Å². The smallest absolute Gasteiger partial charge is 0.231 e. The van der Waals surface area contributed by atoms with Gasteiger partial charge in [-0.15, -0.1) is 0 Å². The molecule has 0 N–H and O–H groups in total. The second kappa shape index (κ2) is 5.79. The number of carbonyl (C=O) groups is 3. The lowest BCUT2D eigenvalue weighted by molar-refractivity contribution is -0.134. The van der Waals surface area contributed by atoms with E-state index < -0.39 is 0 Å². The lowest BCUT2D eigenvalue weighted by atomic mass is 10.1. The fourth-order valence-corrected chi connectivity index (χ4v) is 3.00. The maximum absolute atomic E-state index is 12.3. The normalized spacial score (nSPS) is 17.7. The van der Waals surface area contributed by atoms with Gasteiger partial charge in [0.15, 0.2) is 0 Å². The maximum Gasteiger partial charge on any atom is 0.231 e. The Morgan fingerprint density at radius 3 is 2.64 bits per heavy atom. The van der Waals surface area contributed by atoms with Gasteiger partial charge in [-0.1, -0.05) is 12.1 Å². The molecule has 0 bridgehead atoms. The van der Waals surface area contributed by atoms with Crippen LogP contribution in [0.4, 0.5) is 5.69 Å². The van der Waals surface area contributed by atoms with Crippen molar-refractivity contribution in [2.75, 3.05) is 38.1 Å². The zero-order valence-corrected chi connectivity index (χ0v) is 12.6. The monoisotopic (exact) mass is 301 g/mol. The van der Waals surface area contributed by atoms with Crippen LogP contribution in [0.3, 0.4) is 0 Å². The Morgan fingerprint density at radius 1 is 1.23 bits per heavy atom. The minimum Gasteiger partial charge on any atom is -0.342 e. The molecule has 6 heteroatoms. The summed E-state index contributed by atoms with van der Waals surface area (Å²) in [4.78, 5) is 39.8. The Morgan fingerprint density at radius 2 is 1.95 bits per heavy atom. The van der Waals surface area contributed by atoms with E-state index in [9.17, 15) is 14.4 Å². The van der Waals surface area contributed by atoms with E-state index in [1.165, 1.54) is 0 Å². The number of carbonyl (C=O) groups excluding carboxylic acids is 3. The van der Waals surface area contributed by atoms with Crippen molar-refractivity contribution in [1.82, 2.24) is 9.80 Å². The molecule has 0 radical (unpaired) electrons. The summed E-state index contributed by atoms with van der Waals surface area (Å²) in [7, 11) is 1.77. The number of likely N-dealkylation sites (N-methyl/N-ethyl adjacent to an activating group) is 1. The van der Waals surface area contributed by atoms with E-state index in [-0.39, 0.29) is 11.8 Å². The van der Waals surface area contributed by atoms with Crippen molar-refractivity contribution in [3.05, 3.63) is 29.3 Å². The van der Waals surface area contributed by atoms with Gasteiger partial charge in [0, 0.05) is 38.9 Å². The number of anilines is 1. The van der Waals surface area contributed by atoms with Crippen molar-refractivity contribution in [2.24, 2.45) is 0 Å². The Bertz CT molecular complexity index is 621. The van der Waals surface area contributed by atoms with Crippen LogP contribution in [0.15, 0.2) is 18.2 Å². The van der Waals surface area contributed by atoms with Crippen LogP contribution < -0.4 is 4.90 Å². The van der Waals surface area contributed by atoms with E-state index >= 15 is 0 Å². The van der Waals surface area contributed by atoms with Gasteiger partial charge < -0.3 is 14.7 Å². The molecule has 1 saturated heterocycles. The number of nitrogens with zero attached hydrogens (tertiary/aromatic N) is 3. The van der Waals surface area contributed by atoms with Gasteiger partial charge in [0.05, 0.1) is 12.8 Å². The Kier molecular flexibility index (Phi) is 3.83. The summed E-state index contributed by atoms with van der Waals surface area (Å²) in [6.45, 7) is 2.37. The lowest BCUT2D eigenvalue weighted by Gasteiger charge is -2.32. The third-order valence-corrected chi connectivity index (χ3v) is 4.39. The van der Waals surface area contributed by atoms with Crippen LogP contribution in [-0.4, -0.2) is 61.3 Å². The average molecular weight is 301 g/mol. The number of benzene rings is 1. The predicted molar refractivity (Wildman–Crippen MR) is 81.5 cm³/mol. The zero-order chi connectivity index (χ0) is 15.7.